The van der Waals surface area contributed by atoms with E-state index in [1.165, 1.54) is 11.3 Å². The molecule has 0 saturated heterocycles. The van der Waals surface area contributed by atoms with E-state index in [0.717, 1.165) is 5.01 Å². The number of thiazole rings is 1. The van der Waals surface area contributed by atoms with Crippen molar-refractivity contribution in [2.45, 2.75) is 13.3 Å². The lowest BCUT2D eigenvalue weighted by molar-refractivity contribution is 0.0955. The molecule has 4 N–H and O–H groups in total. The van der Waals surface area contributed by atoms with Gasteiger partial charge in [-0.1, -0.05) is 0 Å². The average molecular weight is 318 g/mol. The molecule has 1 aromatic heterocycles. The van der Waals surface area contributed by atoms with Crippen molar-refractivity contribution in [3.05, 3.63) is 45.9 Å². The van der Waals surface area contributed by atoms with Gasteiger partial charge in [0.05, 0.1) is 5.01 Å². The summed E-state index contributed by atoms with van der Waals surface area (Å²) in [5.41, 5.74) is 7.01. The van der Waals surface area contributed by atoms with Crippen LogP contribution in [0.25, 0.3) is 0 Å². The molecule has 2 rings (SSSR count). The number of nitrogens with one attached hydrogen (secondary N) is 2. The number of anilines is 1. The standard InChI is InChI=1S/C15H18N4O2S/c1-2-17-14(20)10-3-5-11(6-4-10)18-15(21)12-9-22-13(19-12)7-8-16/h3-6,9H,2,7-8,16H2,1H3,(H,17,20)(H,18,21). The summed E-state index contributed by atoms with van der Waals surface area (Å²) in [6, 6.07) is 6.72. The van der Waals surface area contributed by atoms with Gasteiger partial charge < -0.3 is 16.4 Å². The molecule has 2 amide bonds. The molecule has 0 spiro atoms. The van der Waals surface area contributed by atoms with Crippen LogP contribution in [-0.4, -0.2) is 29.9 Å². The summed E-state index contributed by atoms with van der Waals surface area (Å²) in [7, 11) is 0. The highest BCUT2D eigenvalue weighted by Gasteiger charge is 2.11. The number of carbonyl (C=O) groups excluding carboxylic acids is 2. The van der Waals surface area contributed by atoms with Gasteiger partial charge in [0, 0.05) is 29.6 Å². The van der Waals surface area contributed by atoms with Gasteiger partial charge in [-0.25, -0.2) is 4.98 Å². The third-order valence-corrected chi connectivity index (χ3v) is 3.79. The van der Waals surface area contributed by atoms with Gasteiger partial charge in [0.25, 0.3) is 11.8 Å². The average Bonchev–Trinajstić information content (AvgIpc) is 2.97. The summed E-state index contributed by atoms with van der Waals surface area (Å²) in [6.45, 7) is 2.95. The Balaban J connectivity index is 2.00. The fourth-order valence-electron chi connectivity index (χ4n) is 1.82. The SMILES string of the molecule is CCNC(=O)c1ccc(NC(=O)c2csc(CCN)n2)cc1. The third-order valence-electron chi connectivity index (χ3n) is 2.88. The van der Waals surface area contributed by atoms with Crippen molar-refractivity contribution in [2.24, 2.45) is 5.73 Å². The molecule has 0 bridgehead atoms. The predicted octanol–water partition coefficient (Wildman–Crippen LogP) is 1.65. The van der Waals surface area contributed by atoms with Crippen molar-refractivity contribution in [2.75, 3.05) is 18.4 Å². The van der Waals surface area contributed by atoms with E-state index in [9.17, 15) is 9.59 Å². The van der Waals surface area contributed by atoms with Gasteiger partial charge in [0.15, 0.2) is 0 Å². The number of amides is 2. The highest BCUT2D eigenvalue weighted by molar-refractivity contribution is 7.09. The number of nitrogens with two attached hydrogens (primary N) is 1. The number of nitrogens with zero attached hydrogens (tertiary/aromatic N) is 1. The summed E-state index contributed by atoms with van der Waals surface area (Å²) < 4.78 is 0. The molecule has 6 nitrogen and oxygen atoms in total. The fraction of sp³-hybridized carbons (Fsp3) is 0.267. The first kappa shape index (κ1) is 16.1. The summed E-state index contributed by atoms with van der Waals surface area (Å²) in [4.78, 5) is 28.0. The van der Waals surface area contributed by atoms with Crippen LogP contribution in [0.1, 0.15) is 32.8 Å². The van der Waals surface area contributed by atoms with Crippen LogP contribution >= 0.6 is 11.3 Å². The van der Waals surface area contributed by atoms with Gasteiger partial charge in [-0.05, 0) is 37.7 Å². The van der Waals surface area contributed by atoms with Crippen molar-refractivity contribution in [1.29, 1.82) is 0 Å². The second-order valence-corrected chi connectivity index (χ2v) is 5.50. The summed E-state index contributed by atoms with van der Waals surface area (Å²) in [5, 5.41) is 8.03. The Labute approximate surface area is 132 Å². The van der Waals surface area contributed by atoms with Crippen molar-refractivity contribution in [3.8, 4) is 0 Å². The highest BCUT2D eigenvalue weighted by atomic mass is 32.1. The quantitative estimate of drug-likeness (QED) is 0.754. The minimum Gasteiger partial charge on any atom is -0.352 e. The van der Waals surface area contributed by atoms with Crippen LogP contribution in [0.2, 0.25) is 0 Å². The van der Waals surface area contributed by atoms with E-state index >= 15 is 0 Å². The molecule has 2 aromatic rings. The van der Waals surface area contributed by atoms with Gasteiger partial charge in [-0.3, -0.25) is 9.59 Å². The summed E-state index contributed by atoms with van der Waals surface area (Å²) >= 11 is 1.42. The maximum atomic E-state index is 12.1. The molecule has 0 unspecified atom stereocenters. The van der Waals surface area contributed by atoms with Crippen molar-refractivity contribution < 1.29 is 9.59 Å². The van der Waals surface area contributed by atoms with Crippen LogP contribution in [0, 0.1) is 0 Å². The number of carbonyl (C=O) groups is 2. The fourth-order valence-corrected chi connectivity index (χ4v) is 2.61. The summed E-state index contributed by atoms with van der Waals surface area (Å²) in [6.07, 6.45) is 0.666. The largest absolute Gasteiger partial charge is 0.352 e. The molecule has 22 heavy (non-hydrogen) atoms. The molecule has 0 aliphatic rings. The monoisotopic (exact) mass is 318 g/mol. The maximum Gasteiger partial charge on any atom is 0.275 e. The van der Waals surface area contributed by atoms with E-state index < -0.39 is 0 Å². The third kappa shape index (κ3) is 4.12. The molecule has 0 saturated carbocycles. The normalized spacial score (nSPS) is 10.3. The van der Waals surface area contributed by atoms with Crippen molar-refractivity contribution >= 4 is 28.8 Å². The van der Waals surface area contributed by atoms with Gasteiger partial charge in [0.1, 0.15) is 5.69 Å². The Kier molecular flexibility index (Phi) is 5.62. The number of aromatic nitrogens is 1. The van der Waals surface area contributed by atoms with Crippen LogP contribution in [0.4, 0.5) is 5.69 Å². The Hall–Kier alpha value is -2.25. The summed E-state index contributed by atoms with van der Waals surface area (Å²) in [5.74, 6) is -0.406. The zero-order valence-corrected chi connectivity index (χ0v) is 13.1. The number of hydrogen-bond acceptors (Lipinski definition) is 5. The van der Waals surface area contributed by atoms with Crippen molar-refractivity contribution in [1.82, 2.24) is 10.3 Å². The van der Waals surface area contributed by atoms with Crippen LogP contribution in [0.15, 0.2) is 29.6 Å². The van der Waals surface area contributed by atoms with Crippen LogP contribution in [0.3, 0.4) is 0 Å². The van der Waals surface area contributed by atoms with E-state index in [1.807, 2.05) is 6.92 Å². The first-order chi connectivity index (χ1) is 10.6. The molecule has 7 heteroatoms. The van der Waals surface area contributed by atoms with Gasteiger partial charge >= 0.3 is 0 Å². The zero-order chi connectivity index (χ0) is 15.9. The molecule has 0 fully saturated rings. The second kappa shape index (κ2) is 7.67. The molecule has 0 radical (unpaired) electrons. The minimum atomic E-state index is -0.273. The number of hydrogen-bond donors (Lipinski definition) is 3. The number of benzene rings is 1. The Morgan fingerprint density at radius 1 is 1.23 bits per heavy atom. The van der Waals surface area contributed by atoms with Crippen LogP contribution in [0.5, 0.6) is 0 Å². The van der Waals surface area contributed by atoms with Gasteiger partial charge in [0.2, 0.25) is 0 Å². The first-order valence-electron chi connectivity index (χ1n) is 6.98. The van der Waals surface area contributed by atoms with Crippen LogP contribution < -0.4 is 16.4 Å². The molecule has 1 heterocycles. The Morgan fingerprint density at radius 2 is 1.95 bits per heavy atom. The minimum absolute atomic E-state index is 0.133. The zero-order valence-electron chi connectivity index (χ0n) is 12.3. The second-order valence-electron chi connectivity index (χ2n) is 4.56. The molecule has 0 aliphatic carbocycles. The molecular formula is C15H18N4O2S. The van der Waals surface area contributed by atoms with E-state index in [-0.39, 0.29) is 11.8 Å². The lowest BCUT2D eigenvalue weighted by atomic mass is 10.2. The Bertz CT molecular complexity index is 652. The smallest absolute Gasteiger partial charge is 0.275 e. The van der Waals surface area contributed by atoms with Gasteiger partial charge in [-0.15, -0.1) is 11.3 Å². The van der Waals surface area contributed by atoms with E-state index in [4.69, 9.17) is 5.73 Å². The molecule has 0 aliphatic heterocycles. The van der Waals surface area contributed by atoms with Crippen molar-refractivity contribution in [3.63, 3.8) is 0 Å². The predicted molar refractivity (Wildman–Crippen MR) is 87.3 cm³/mol. The molecule has 0 atom stereocenters. The molecule has 116 valence electrons. The van der Waals surface area contributed by atoms with E-state index in [0.29, 0.717) is 36.5 Å². The maximum absolute atomic E-state index is 12.1. The molecular weight excluding hydrogens is 300 g/mol. The van der Waals surface area contributed by atoms with Gasteiger partial charge in [-0.2, -0.15) is 0 Å². The van der Waals surface area contributed by atoms with E-state index in [2.05, 4.69) is 15.6 Å². The van der Waals surface area contributed by atoms with Crippen LogP contribution in [-0.2, 0) is 6.42 Å². The number of rotatable bonds is 6. The first-order valence-corrected chi connectivity index (χ1v) is 7.86. The Morgan fingerprint density at radius 3 is 2.59 bits per heavy atom. The molecule has 1 aromatic carbocycles. The highest BCUT2D eigenvalue weighted by Crippen LogP contribution is 2.14. The lowest BCUT2D eigenvalue weighted by Gasteiger charge is -2.05. The lowest BCUT2D eigenvalue weighted by Crippen LogP contribution is -2.22. The van der Waals surface area contributed by atoms with E-state index in [1.54, 1.807) is 29.6 Å². The topological polar surface area (TPSA) is 97.1 Å².